The third kappa shape index (κ3) is 3.45. The smallest absolute Gasteiger partial charge is 0.0429 e. The van der Waals surface area contributed by atoms with Crippen LogP contribution in [0.4, 0.5) is 5.69 Å². The Bertz CT molecular complexity index is 574. The fourth-order valence-corrected chi connectivity index (χ4v) is 2.96. The molecular formula is C19H24N2. The van der Waals surface area contributed by atoms with Gasteiger partial charge in [-0.05, 0) is 42.1 Å². The Morgan fingerprint density at radius 2 is 1.76 bits per heavy atom. The number of hydrogen-bond acceptors (Lipinski definition) is 2. The lowest BCUT2D eigenvalue weighted by Crippen LogP contribution is -2.19. The standard InChI is InChI=1S/C19H24N2/c1-2-12-20-14-16-7-9-17(10-8-16)15-21-13-11-18-5-3-4-6-19(18)21/h3-10,20H,2,11-15H2,1H3. The number of hydrogen-bond donors (Lipinski definition) is 1. The maximum atomic E-state index is 3.45. The minimum absolute atomic E-state index is 0.973. The maximum Gasteiger partial charge on any atom is 0.0429 e. The average molecular weight is 280 g/mol. The molecule has 2 aromatic carbocycles. The van der Waals surface area contributed by atoms with Crippen LogP contribution in [0.3, 0.4) is 0 Å². The molecule has 0 spiro atoms. The number of rotatable bonds is 6. The quantitative estimate of drug-likeness (QED) is 0.811. The summed E-state index contributed by atoms with van der Waals surface area (Å²) in [6.07, 6.45) is 2.36. The van der Waals surface area contributed by atoms with Gasteiger partial charge in [-0.25, -0.2) is 0 Å². The second-order valence-electron chi connectivity index (χ2n) is 5.79. The van der Waals surface area contributed by atoms with Gasteiger partial charge in [0, 0.05) is 25.3 Å². The van der Waals surface area contributed by atoms with E-state index in [1.165, 1.54) is 35.2 Å². The Balaban J connectivity index is 1.61. The number of nitrogens with zero attached hydrogens (tertiary/aromatic N) is 1. The maximum absolute atomic E-state index is 3.45. The number of nitrogens with one attached hydrogen (secondary N) is 1. The Hall–Kier alpha value is -1.80. The molecule has 3 rings (SSSR count). The molecule has 0 saturated heterocycles. The van der Waals surface area contributed by atoms with E-state index in [1.54, 1.807) is 0 Å². The molecule has 2 heteroatoms. The minimum Gasteiger partial charge on any atom is -0.367 e. The van der Waals surface area contributed by atoms with Crippen LogP contribution < -0.4 is 10.2 Å². The first-order valence-electron chi connectivity index (χ1n) is 7.98. The van der Waals surface area contributed by atoms with Crippen molar-refractivity contribution in [1.82, 2.24) is 5.32 Å². The highest BCUT2D eigenvalue weighted by molar-refractivity contribution is 5.58. The van der Waals surface area contributed by atoms with Crippen LogP contribution in [-0.4, -0.2) is 13.1 Å². The van der Waals surface area contributed by atoms with E-state index in [0.717, 1.165) is 26.2 Å². The Morgan fingerprint density at radius 1 is 1.00 bits per heavy atom. The Kier molecular flexibility index (Phi) is 4.56. The molecule has 21 heavy (non-hydrogen) atoms. The van der Waals surface area contributed by atoms with Gasteiger partial charge in [-0.1, -0.05) is 49.4 Å². The summed E-state index contributed by atoms with van der Waals surface area (Å²) in [7, 11) is 0. The molecule has 1 aliphatic rings. The second-order valence-corrected chi connectivity index (χ2v) is 5.79. The zero-order valence-electron chi connectivity index (χ0n) is 12.8. The first-order chi connectivity index (χ1) is 10.4. The van der Waals surface area contributed by atoms with Crippen LogP contribution in [0, 0.1) is 0 Å². The van der Waals surface area contributed by atoms with E-state index in [4.69, 9.17) is 0 Å². The molecule has 0 atom stereocenters. The minimum atomic E-state index is 0.973. The second kappa shape index (κ2) is 6.77. The van der Waals surface area contributed by atoms with Gasteiger partial charge in [0.25, 0.3) is 0 Å². The molecule has 1 aliphatic heterocycles. The van der Waals surface area contributed by atoms with E-state index in [-0.39, 0.29) is 0 Å². The van der Waals surface area contributed by atoms with Crippen LogP contribution in [0.5, 0.6) is 0 Å². The lowest BCUT2D eigenvalue weighted by Gasteiger charge is -2.19. The van der Waals surface area contributed by atoms with Crippen molar-refractivity contribution in [1.29, 1.82) is 0 Å². The van der Waals surface area contributed by atoms with Crippen molar-refractivity contribution in [3.05, 3.63) is 65.2 Å². The summed E-state index contributed by atoms with van der Waals surface area (Å²) in [6.45, 7) is 6.41. The molecule has 1 N–H and O–H groups in total. The van der Waals surface area contributed by atoms with Gasteiger partial charge in [0.05, 0.1) is 0 Å². The summed E-state index contributed by atoms with van der Waals surface area (Å²) in [5, 5.41) is 3.45. The fraction of sp³-hybridized carbons (Fsp3) is 0.368. The molecule has 0 amide bonds. The van der Waals surface area contributed by atoms with Crippen LogP contribution >= 0.6 is 0 Å². The molecule has 1 heterocycles. The van der Waals surface area contributed by atoms with Crippen molar-refractivity contribution in [2.75, 3.05) is 18.0 Å². The number of benzene rings is 2. The van der Waals surface area contributed by atoms with Crippen molar-refractivity contribution < 1.29 is 0 Å². The summed E-state index contributed by atoms with van der Waals surface area (Å²) in [5.41, 5.74) is 5.66. The van der Waals surface area contributed by atoms with Gasteiger partial charge >= 0.3 is 0 Å². The first kappa shape index (κ1) is 14.2. The van der Waals surface area contributed by atoms with E-state index in [0.29, 0.717) is 0 Å². The molecule has 2 nitrogen and oxygen atoms in total. The van der Waals surface area contributed by atoms with Gasteiger partial charge in [0.15, 0.2) is 0 Å². The molecule has 2 aromatic rings. The largest absolute Gasteiger partial charge is 0.367 e. The summed E-state index contributed by atoms with van der Waals surface area (Å²) in [6, 6.07) is 17.8. The van der Waals surface area contributed by atoms with Crippen LogP contribution in [0.15, 0.2) is 48.5 Å². The van der Waals surface area contributed by atoms with Crippen molar-refractivity contribution in [3.8, 4) is 0 Å². The Labute approximate surface area is 127 Å². The Morgan fingerprint density at radius 3 is 2.57 bits per heavy atom. The summed E-state index contributed by atoms with van der Waals surface area (Å²) in [5.74, 6) is 0. The molecule has 0 saturated carbocycles. The highest BCUT2D eigenvalue weighted by Gasteiger charge is 2.17. The topological polar surface area (TPSA) is 15.3 Å². The predicted molar refractivity (Wildman–Crippen MR) is 89.6 cm³/mol. The average Bonchev–Trinajstić information content (AvgIpc) is 2.93. The molecule has 0 aliphatic carbocycles. The molecule has 0 aromatic heterocycles. The zero-order valence-corrected chi connectivity index (χ0v) is 12.8. The van der Waals surface area contributed by atoms with Gasteiger partial charge in [-0.3, -0.25) is 0 Å². The van der Waals surface area contributed by atoms with E-state index >= 15 is 0 Å². The SMILES string of the molecule is CCCNCc1ccc(CN2CCc3ccccc32)cc1. The third-order valence-corrected chi connectivity index (χ3v) is 4.14. The lowest BCUT2D eigenvalue weighted by molar-refractivity contribution is 0.675. The monoisotopic (exact) mass is 280 g/mol. The third-order valence-electron chi connectivity index (χ3n) is 4.14. The predicted octanol–water partition coefficient (Wildman–Crippen LogP) is 3.75. The molecule has 0 unspecified atom stereocenters. The number of anilines is 1. The number of fused-ring (bicyclic) bond motifs is 1. The first-order valence-corrected chi connectivity index (χ1v) is 7.98. The van der Waals surface area contributed by atoms with Crippen LogP contribution in [0.1, 0.15) is 30.0 Å². The van der Waals surface area contributed by atoms with Gasteiger partial charge in [0.1, 0.15) is 0 Å². The lowest BCUT2D eigenvalue weighted by atomic mass is 10.1. The molecular weight excluding hydrogens is 256 g/mol. The van der Waals surface area contributed by atoms with Crippen LogP contribution in [0.25, 0.3) is 0 Å². The van der Waals surface area contributed by atoms with Crippen molar-refractivity contribution >= 4 is 5.69 Å². The molecule has 110 valence electrons. The van der Waals surface area contributed by atoms with Crippen molar-refractivity contribution in [3.63, 3.8) is 0 Å². The van der Waals surface area contributed by atoms with Crippen molar-refractivity contribution in [2.45, 2.75) is 32.9 Å². The van der Waals surface area contributed by atoms with Crippen molar-refractivity contribution in [2.24, 2.45) is 0 Å². The van der Waals surface area contributed by atoms with E-state index in [9.17, 15) is 0 Å². The normalized spacial score (nSPS) is 13.5. The summed E-state index contributed by atoms with van der Waals surface area (Å²) >= 11 is 0. The van der Waals surface area contributed by atoms with E-state index < -0.39 is 0 Å². The van der Waals surface area contributed by atoms with Crippen LogP contribution in [-0.2, 0) is 19.5 Å². The summed E-state index contributed by atoms with van der Waals surface area (Å²) < 4.78 is 0. The van der Waals surface area contributed by atoms with Gasteiger partial charge in [-0.15, -0.1) is 0 Å². The van der Waals surface area contributed by atoms with Gasteiger partial charge in [0.2, 0.25) is 0 Å². The van der Waals surface area contributed by atoms with Gasteiger partial charge < -0.3 is 10.2 Å². The highest BCUT2D eigenvalue weighted by atomic mass is 15.1. The van der Waals surface area contributed by atoms with Crippen LogP contribution in [0.2, 0.25) is 0 Å². The summed E-state index contributed by atoms with van der Waals surface area (Å²) in [4.78, 5) is 2.49. The highest BCUT2D eigenvalue weighted by Crippen LogP contribution is 2.28. The molecule has 0 radical (unpaired) electrons. The number of para-hydroxylation sites is 1. The van der Waals surface area contributed by atoms with E-state index in [1.807, 2.05) is 0 Å². The van der Waals surface area contributed by atoms with Gasteiger partial charge in [-0.2, -0.15) is 0 Å². The molecule has 0 bridgehead atoms. The van der Waals surface area contributed by atoms with E-state index in [2.05, 4.69) is 65.7 Å². The zero-order chi connectivity index (χ0) is 14.5. The fourth-order valence-electron chi connectivity index (χ4n) is 2.96. The molecule has 0 fully saturated rings.